The van der Waals surface area contributed by atoms with Gasteiger partial charge in [-0.05, 0) is 11.1 Å². The highest BCUT2D eigenvalue weighted by Crippen LogP contribution is 2.35. The van der Waals surface area contributed by atoms with Crippen LogP contribution >= 0.6 is 11.8 Å². The first-order valence-corrected chi connectivity index (χ1v) is 7.43. The van der Waals surface area contributed by atoms with Gasteiger partial charge in [0.25, 0.3) is 0 Å². The van der Waals surface area contributed by atoms with Gasteiger partial charge in [0.15, 0.2) is 0 Å². The number of nitrogens with two attached hydrogens (primary N) is 1. The first-order valence-electron chi connectivity index (χ1n) is 6.38. The van der Waals surface area contributed by atoms with E-state index in [-0.39, 0.29) is 5.25 Å². The van der Waals surface area contributed by atoms with Crippen molar-refractivity contribution in [2.24, 2.45) is 5.73 Å². The second-order valence-electron chi connectivity index (χ2n) is 4.48. The Morgan fingerprint density at radius 1 is 1.00 bits per heavy atom. The third-order valence-electron chi connectivity index (χ3n) is 2.96. The molecule has 0 fully saturated rings. The number of hydrogen-bond acceptors (Lipinski definition) is 3. The number of aliphatic carboxylic acids is 1. The van der Waals surface area contributed by atoms with Crippen molar-refractivity contribution in [2.45, 2.75) is 11.3 Å². The van der Waals surface area contributed by atoms with Gasteiger partial charge in [-0.15, -0.1) is 11.8 Å². The third-order valence-corrected chi connectivity index (χ3v) is 4.39. The molecule has 4 heteroatoms. The van der Waals surface area contributed by atoms with Crippen LogP contribution in [-0.4, -0.2) is 22.9 Å². The summed E-state index contributed by atoms with van der Waals surface area (Å²) in [5.74, 6) is -0.582. The molecule has 0 aromatic heterocycles. The summed E-state index contributed by atoms with van der Waals surface area (Å²) in [4.78, 5) is 10.8. The number of rotatable bonds is 6. The number of thioether (sulfide) groups is 1. The molecule has 3 N–H and O–H groups in total. The van der Waals surface area contributed by atoms with Gasteiger partial charge in [-0.1, -0.05) is 60.7 Å². The number of carbonyl (C=O) groups is 1. The highest BCUT2D eigenvalue weighted by atomic mass is 32.2. The highest BCUT2D eigenvalue weighted by molar-refractivity contribution is 7.99. The van der Waals surface area contributed by atoms with Crippen LogP contribution in [0.5, 0.6) is 0 Å². The van der Waals surface area contributed by atoms with Gasteiger partial charge < -0.3 is 10.8 Å². The zero-order chi connectivity index (χ0) is 14.4. The standard InChI is InChI=1S/C16H17NO2S/c17-14(16(18)19)11-20-15(12-7-3-1-4-8-12)13-9-5-2-6-10-13/h1-10,14-15H,11,17H2,(H,18,19)/t14-/m1/s1. The van der Waals surface area contributed by atoms with E-state index >= 15 is 0 Å². The van der Waals surface area contributed by atoms with Crippen molar-refractivity contribution in [1.82, 2.24) is 0 Å². The summed E-state index contributed by atoms with van der Waals surface area (Å²) in [6.07, 6.45) is 0. The van der Waals surface area contributed by atoms with Crippen molar-refractivity contribution in [3.05, 3.63) is 71.8 Å². The zero-order valence-corrected chi connectivity index (χ0v) is 11.8. The van der Waals surface area contributed by atoms with Gasteiger partial charge in [0.05, 0.1) is 5.25 Å². The number of hydrogen-bond donors (Lipinski definition) is 2. The van der Waals surface area contributed by atoms with E-state index in [0.717, 1.165) is 11.1 Å². The van der Waals surface area contributed by atoms with Crippen LogP contribution < -0.4 is 5.73 Å². The van der Waals surface area contributed by atoms with Crippen molar-refractivity contribution in [2.75, 3.05) is 5.75 Å². The summed E-state index contributed by atoms with van der Waals surface area (Å²) in [6.45, 7) is 0. The average Bonchev–Trinajstić information content (AvgIpc) is 2.49. The summed E-state index contributed by atoms with van der Waals surface area (Å²) in [5, 5.41) is 9.00. The van der Waals surface area contributed by atoms with Crippen LogP contribution in [0.2, 0.25) is 0 Å². The van der Waals surface area contributed by atoms with Gasteiger partial charge >= 0.3 is 5.97 Å². The highest BCUT2D eigenvalue weighted by Gasteiger charge is 2.18. The lowest BCUT2D eigenvalue weighted by molar-refractivity contribution is -0.137. The Morgan fingerprint density at radius 2 is 1.45 bits per heavy atom. The molecule has 0 bridgehead atoms. The lowest BCUT2D eigenvalue weighted by Crippen LogP contribution is -2.32. The second kappa shape index (κ2) is 7.12. The van der Waals surface area contributed by atoms with E-state index in [1.165, 1.54) is 0 Å². The van der Waals surface area contributed by atoms with Crippen molar-refractivity contribution in [1.29, 1.82) is 0 Å². The summed E-state index contributed by atoms with van der Waals surface area (Å²) < 4.78 is 0. The molecule has 0 saturated heterocycles. The second-order valence-corrected chi connectivity index (χ2v) is 5.62. The smallest absolute Gasteiger partial charge is 0.321 e. The van der Waals surface area contributed by atoms with Crippen LogP contribution in [0.25, 0.3) is 0 Å². The summed E-state index contributed by atoms with van der Waals surface area (Å²) in [5.41, 5.74) is 7.91. The molecule has 0 amide bonds. The molecule has 0 aliphatic carbocycles. The molecule has 2 aromatic rings. The SMILES string of the molecule is N[C@H](CSC(c1ccccc1)c1ccccc1)C(=O)O. The van der Waals surface area contributed by atoms with E-state index < -0.39 is 12.0 Å². The van der Waals surface area contributed by atoms with Crippen molar-refractivity contribution < 1.29 is 9.90 Å². The fourth-order valence-corrected chi connectivity index (χ4v) is 3.15. The fourth-order valence-electron chi connectivity index (χ4n) is 1.91. The average molecular weight is 287 g/mol. The molecule has 3 nitrogen and oxygen atoms in total. The molecular weight excluding hydrogens is 270 g/mol. The molecule has 0 spiro atoms. The Hall–Kier alpha value is -1.78. The minimum Gasteiger partial charge on any atom is -0.480 e. The Bertz CT molecular complexity index is 505. The molecule has 0 heterocycles. The minimum absolute atomic E-state index is 0.0998. The van der Waals surface area contributed by atoms with Crippen LogP contribution in [0.4, 0.5) is 0 Å². The third kappa shape index (κ3) is 3.85. The predicted octanol–water partition coefficient (Wildman–Crippen LogP) is 2.92. The largest absolute Gasteiger partial charge is 0.480 e. The predicted molar refractivity (Wildman–Crippen MR) is 82.8 cm³/mol. The lowest BCUT2D eigenvalue weighted by atomic mass is 10.0. The van der Waals surface area contributed by atoms with E-state index in [1.807, 2.05) is 36.4 Å². The van der Waals surface area contributed by atoms with E-state index in [2.05, 4.69) is 24.3 Å². The van der Waals surface area contributed by atoms with Crippen molar-refractivity contribution >= 4 is 17.7 Å². The Balaban J connectivity index is 2.19. The van der Waals surface area contributed by atoms with E-state index in [0.29, 0.717) is 5.75 Å². The van der Waals surface area contributed by atoms with Gasteiger partial charge in [0.2, 0.25) is 0 Å². The van der Waals surface area contributed by atoms with Crippen LogP contribution in [-0.2, 0) is 4.79 Å². The maximum atomic E-state index is 10.8. The molecule has 0 aliphatic rings. The van der Waals surface area contributed by atoms with Gasteiger partial charge in [-0.3, -0.25) is 4.79 Å². The number of carboxylic acids is 1. The lowest BCUT2D eigenvalue weighted by Gasteiger charge is -2.18. The van der Waals surface area contributed by atoms with Crippen molar-refractivity contribution in [3.63, 3.8) is 0 Å². The van der Waals surface area contributed by atoms with Crippen molar-refractivity contribution in [3.8, 4) is 0 Å². The van der Waals surface area contributed by atoms with Gasteiger partial charge in [-0.25, -0.2) is 0 Å². The molecule has 2 rings (SSSR count). The molecule has 0 radical (unpaired) electrons. The molecule has 1 atom stereocenters. The van der Waals surface area contributed by atoms with Gasteiger partial charge in [-0.2, -0.15) is 0 Å². The Labute approximate surface area is 122 Å². The molecular formula is C16H17NO2S. The van der Waals surface area contributed by atoms with Crippen LogP contribution in [0.15, 0.2) is 60.7 Å². The summed E-state index contributed by atoms with van der Waals surface area (Å²) >= 11 is 1.56. The Kier molecular flexibility index (Phi) is 5.21. The minimum atomic E-state index is -0.961. The molecule has 0 saturated carbocycles. The van der Waals surface area contributed by atoms with Gasteiger partial charge in [0, 0.05) is 5.75 Å². The molecule has 104 valence electrons. The first kappa shape index (κ1) is 14.6. The normalized spacial score (nSPS) is 12.3. The number of benzene rings is 2. The monoisotopic (exact) mass is 287 g/mol. The topological polar surface area (TPSA) is 63.3 Å². The maximum absolute atomic E-state index is 10.8. The molecule has 2 aromatic carbocycles. The number of carboxylic acid groups (broad SMARTS) is 1. The molecule has 0 unspecified atom stereocenters. The molecule has 0 aliphatic heterocycles. The van der Waals surface area contributed by atoms with Crippen LogP contribution in [0.3, 0.4) is 0 Å². The van der Waals surface area contributed by atoms with Crippen LogP contribution in [0, 0.1) is 0 Å². The Morgan fingerprint density at radius 3 is 1.85 bits per heavy atom. The van der Waals surface area contributed by atoms with E-state index in [1.54, 1.807) is 11.8 Å². The summed E-state index contributed by atoms with van der Waals surface area (Å²) in [6, 6.07) is 19.3. The first-order chi connectivity index (χ1) is 9.68. The van der Waals surface area contributed by atoms with Gasteiger partial charge in [0.1, 0.15) is 6.04 Å². The van der Waals surface area contributed by atoms with E-state index in [4.69, 9.17) is 10.8 Å². The molecule has 20 heavy (non-hydrogen) atoms. The van der Waals surface area contributed by atoms with E-state index in [9.17, 15) is 4.79 Å². The fraction of sp³-hybridized carbons (Fsp3) is 0.188. The van der Waals surface area contributed by atoms with Crippen LogP contribution in [0.1, 0.15) is 16.4 Å². The zero-order valence-electron chi connectivity index (χ0n) is 11.0. The quantitative estimate of drug-likeness (QED) is 0.857. The maximum Gasteiger partial charge on any atom is 0.321 e. The summed E-state index contributed by atoms with van der Waals surface area (Å²) in [7, 11) is 0.